The van der Waals surface area contributed by atoms with Crippen LogP contribution in [0.3, 0.4) is 0 Å². The fraction of sp³-hybridized carbons (Fsp3) is 0.421. The summed E-state index contributed by atoms with van der Waals surface area (Å²) in [6.45, 7) is 3.17. The van der Waals surface area contributed by atoms with E-state index in [4.69, 9.17) is 16.6 Å². The van der Waals surface area contributed by atoms with Crippen LogP contribution in [-0.2, 0) is 4.79 Å². The Morgan fingerprint density at radius 1 is 1.28 bits per heavy atom. The number of amides is 1. The normalized spacial score (nSPS) is 17.4. The molecule has 2 heterocycles. The highest BCUT2D eigenvalue weighted by Crippen LogP contribution is 2.34. The summed E-state index contributed by atoms with van der Waals surface area (Å²) >= 11 is 6.03. The predicted molar refractivity (Wildman–Crippen MR) is 101 cm³/mol. The number of likely N-dealkylation sites (tertiary alicyclic amines) is 1. The Morgan fingerprint density at radius 3 is 2.64 bits per heavy atom. The van der Waals surface area contributed by atoms with E-state index in [1.807, 2.05) is 54.4 Å². The molecule has 0 bridgehead atoms. The predicted octanol–water partition coefficient (Wildman–Crippen LogP) is 3.59. The van der Waals surface area contributed by atoms with E-state index in [2.05, 4.69) is 4.98 Å². The van der Waals surface area contributed by atoms with Crippen LogP contribution in [0.5, 0.6) is 0 Å². The SMILES string of the molecule is CC(=O)N1CCCC(c2nc(N(C)C)ncc2-c2ccc(Cl)cc2)C1. The molecule has 0 spiro atoms. The molecule has 2 aromatic rings. The Labute approximate surface area is 153 Å². The molecule has 6 heteroatoms. The van der Waals surface area contributed by atoms with Crippen molar-refractivity contribution in [2.45, 2.75) is 25.7 Å². The number of hydrogen-bond acceptors (Lipinski definition) is 4. The van der Waals surface area contributed by atoms with Crippen molar-refractivity contribution in [2.75, 3.05) is 32.1 Å². The van der Waals surface area contributed by atoms with Crippen molar-refractivity contribution in [3.63, 3.8) is 0 Å². The van der Waals surface area contributed by atoms with Gasteiger partial charge >= 0.3 is 0 Å². The number of benzene rings is 1. The lowest BCUT2D eigenvalue weighted by Crippen LogP contribution is -2.38. The first-order valence-corrected chi connectivity index (χ1v) is 8.89. The molecule has 1 unspecified atom stereocenters. The highest BCUT2D eigenvalue weighted by molar-refractivity contribution is 6.30. The summed E-state index contributed by atoms with van der Waals surface area (Å²) < 4.78 is 0. The zero-order chi connectivity index (χ0) is 18.0. The van der Waals surface area contributed by atoms with Gasteiger partial charge in [0.15, 0.2) is 0 Å². The number of nitrogens with zero attached hydrogens (tertiary/aromatic N) is 4. The summed E-state index contributed by atoms with van der Waals surface area (Å²) in [5.74, 6) is 1.03. The fourth-order valence-electron chi connectivity index (χ4n) is 3.25. The zero-order valence-electron chi connectivity index (χ0n) is 14.9. The van der Waals surface area contributed by atoms with Crippen LogP contribution < -0.4 is 4.90 Å². The van der Waals surface area contributed by atoms with Crippen molar-refractivity contribution in [1.29, 1.82) is 0 Å². The average Bonchev–Trinajstić information content (AvgIpc) is 2.62. The zero-order valence-corrected chi connectivity index (χ0v) is 15.6. The van der Waals surface area contributed by atoms with Crippen LogP contribution in [0.4, 0.5) is 5.95 Å². The minimum atomic E-state index is 0.125. The Balaban J connectivity index is 2.03. The second-order valence-electron chi connectivity index (χ2n) is 6.67. The molecule has 0 radical (unpaired) electrons. The standard InChI is InChI=1S/C19H23ClN4O/c1-13(25)24-10-4-5-15(12-24)18-17(11-21-19(22-18)23(2)3)14-6-8-16(20)9-7-14/h6-9,11,15H,4-5,10,12H2,1-3H3. The highest BCUT2D eigenvalue weighted by Gasteiger charge is 2.27. The van der Waals surface area contributed by atoms with E-state index in [1.165, 1.54) is 0 Å². The first-order valence-electron chi connectivity index (χ1n) is 8.51. The van der Waals surface area contributed by atoms with E-state index in [-0.39, 0.29) is 11.8 Å². The summed E-state index contributed by atoms with van der Waals surface area (Å²) in [6.07, 6.45) is 3.90. The molecule has 1 aromatic heterocycles. The minimum absolute atomic E-state index is 0.125. The van der Waals surface area contributed by atoms with Gasteiger partial charge in [0.1, 0.15) is 0 Å². The Bertz CT molecular complexity index is 761. The summed E-state index contributed by atoms with van der Waals surface area (Å²) in [7, 11) is 3.87. The smallest absolute Gasteiger partial charge is 0.225 e. The number of anilines is 1. The highest BCUT2D eigenvalue weighted by atomic mass is 35.5. The van der Waals surface area contributed by atoms with Gasteiger partial charge in [-0.15, -0.1) is 0 Å². The second kappa shape index (κ2) is 7.40. The van der Waals surface area contributed by atoms with Crippen LogP contribution in [-0.4, -0.2) is 48.0 Å². The summed E-state index contributed by atoms with van der Waals surface area (Å²) in [5, 5.41) is 0.705. The van der Waals surface area contributed by atoms with Crippen LogP contribution in [0.25, 0.3) is 11.1 Å². The maximum absolute atomic E-state index is 11.8. The van der Waals surface area contributed by atoms with Gasteiger partial charge in [-0.2, -0.15) is 0 Å². The Hall–Kier alpha value is -2.14. The van der Waals surface area contributed by atoms with Gasteiger partial charge in [-0.1, -0.05) is 23.7 Å². The summed E-state index contributed by atoms with van der Waals surface area (Å²) in [4.78, 5) is 25.0. The molecule has 25 heavy (non-hydrogen) atoms. The third kappa shape index (κ3) is 3.93. The minimum Gasteiger partial charge on any atom is -0.347 e. The fourth-order valence-corrected chi connectivity index (χ4v) is 3.38. The molecular formula is C19H23ClN4O. The molecule has 1 saturated heterocycles. The topological polar surface area (TPSA) is 49.3 Å². The molecule has 1 aliphatic heterocycles. The van der Waals surface area contributed by atoms with Crippen LogP contribution in [0.15, 0.2) is 30.5 Å². The van der Waals surface area contributed by atoms with Crippen molar-refractivity contribution in [2.24, 2.45) is 0 Å². The second-order valence-corrected chi connectivity index (χ2v) is 7.11. The molecule has 1 aliphatic rings. The van der Waals surface area contributed by atoms with Gasteiger partial charge in [0.05, 0.1) is 5.69 Å². The van der Waals surface area contributed by atoms with Gasteiger partial charge in [-0.05, 0) is 30.5 Å². The average molecular weight is 359 g/mol. The molecule has 132 valence electrons. The third-order valence-electron chi connectivity index (χ3n) is 4.61. The van der Waals surface area contributed by atoms with E-state index >= 15 is 0 Å². The number of carbonyl (C=O) groups is 1. The van der Waals surface area contributed by atoms with Crippen LogP contribution >= 0.6 is 11.6 Å². The summed E-state index contributed by atoms with van der Waals surface area (Å²) in [5.41, 5.74) is 3.06. The largest absolute Gasteiger partial charge is 0.347 e. The first-order chi connectivity index (χ1) is 12.0. The third-order valence-corrected chi connectivity index (χ3v) is 4.87. The molecule has 0 saturated carbocycles. The monoisotopic (exact) mass is 358 g/mol. The number of rotatable bonds is 3. The molecule has 1 amide bonds. The number of hydrogen-bond donors (Lipinski definition) is 0. The van der Waals surface area contributed by atoms with Gasteiger partial charge in [-0.25, -0.2) is 9.97 Å². The molecular weight excluding hydrogens is 336 g/mol. The van der Waals surface area contributed by atoms with E-state index < -0.39 is 0 Å². The molecule has 0 aliphatic carbocycles. The number of piperidine rings is 1. The molecule has 1 atom stereocenters. The van der Waals surface area contributed by atoms with Crippen LogP contribution in [0, 0.1) is 0 Å². The van der Waals surface area contributed by atoms with Gasteiger partial charge in [0.2, 0.25) is 11.9 Å². The molecule has 1 aromatic carbocycles. The van der Waals surface area contributed by atoms with Crippen molar-refractivity contribution >= 4 is 23.5 Å². The van der Waals surface area contributed by atoms with Crippen molar-refractivity contribution in [3.8, 4) is 11.1 Å². The van der Waals surface area contributed by atoms with Gasteiger partial charge < -0.3 is 9.80 Å². The maximum atomic E-state index is 11.8. The Morgan fingerprint density at radius 2 is 2.00 bits per heavy atom. The van der Waals surface area contributed by atoms with Crippen molar-refractivity contribution in [1.82, 2.24) is 14.9 Å². The maximum Gasteiger partial charge on any atom is 0.225 e. The lowest BCUT2D eigenvalue weighted by Gasteiger charge is -2.32. The van der Waals surface area contributed by atoms with E-state index in [1.54, 1.807) is 6.92 Å². The first kappa shape index (κ1) is 17.7. The van der Waals surface area contributed by atoms with Crippen LogP contribution in [0.2, 0.25) is 5.02 Å². The van der Waals surface area contributed by atoms with Crippen molar-refractivity contribution in [3.05, 3.63) is 41.2 Å². The summed E-state index contributed by atoms with van der Waals surface area (Å²) in [6, 6.07) is 7.74. The molecule has 1 fully saturated rings. The lowest BCUT2D eigenvalue weighted by molar-refractivity contribution is -0.130. The molecule has 5 nitrogen and oxygen atoms in total. The van der Waals surface area contributed by atoms with Gasteiger partial charge in [0.25, 0.3) is 0 Å². The van der Waals surface area contributed by atoms with E-state index in [0.717, 1.165) is 36.2 Å². The Kier molecular flexibility index (Phi) is 5.23. The van der Waals surface area contributed by atoms with Crippen LogP contribution in [0.1, 0.15) is 31.4 Å². The quantitative estimate of drug-likeness (QED) is 0.841. The van der Waals surface area contributed by atoms with E-state index in [0.29, 0.717) is 17.5 Å². The number of carbonyl (C=O) groups excluding carboxylic acids is 1. The number of aromatic nitrogens is 2. The van der Waals surface area contributed by atoms with Gasteiger partial charge in [-0.3, -0.25) is 4.79 Å². The van der Waals surface area contributed by atoms with E-state index in [9.17, 15) is 4.79 Å². The lowest BCUT2D eigenvalue weighted by atomic mass is 9.90. The molecule has 3 rings (SSSR count). The molecule has 0 N–H and O–H groups in total. The van der Waals surface area contributed by atoms with Crippen molar-refractivity contribution < 1.29 is 4.79 Å². The number of halogens is 1. The van der Waals surface area contributed by atoms with Gasteiger partial charge in [0, 0.05) is 56.8 Å².